The van der Waals surface area contributed by atoms with Gasteiger partial charge in [-0.2, -0.15) is 5.10 Å². The second-order valence-electron chi connectivity index (χ2n) is 6.59. The van der Waals surface area contributed by atoms with E-state index >= 15 is 0 Å². The summed E-state index contributed by atoms with van der Waals surface area (Å²) in [5, 5.41) is 18.8. The van der Waals surface area contributed by atoms with Crippen LogP contribution in [0.15, 0.2) is 6.07 Å². The number of nitrogens with zero attached hydrogens (tertiary/aromatic N) is 6. The van der Waals surface area contributed by atoms with Gasteiger partial charge in [0.2, 0.25) is 0 Å². The van der Waals surface area contributed by atoms with Gasteiger partial charge in [-0.3, -0.25) is 9.48 Å². The minimum Gasteiger partial charge on any atom is -0.385 e. The summed E-state index contributed by atoms with van der Waals surface area (Å²) >= 11 is 1.17. The Labute approximate surface area is 151 Å². The first-order chi connectivity index (χ1) is 12.0. The Morgan fingerprint density at radius 2 is 2.24 bits per heavy atom. The van der Waals surface area contributed by atoms with Crippen LogP contribution in [0.2, 0.25) is 0 Å². The summed E-state index contributed by atoms with van der Waals surface area (Å²) in [7, 11) is 3.83. The molecule has 3 heterocycles. The molecule has 25 heavy (non-hydrogen) atoms. The van der Waals surface area contributed by atoms with Crippen molar-refractivity contribution in [2.45, 2.75) is 39.0 Å². The van der Waals surface area contributed by atoms with Gasteiger partial charge in [0.15, 0.2) is 0 Å². The summed E-state index contributed by atoms with van der Waals surface area (Å²) in [4.78, 5) is 17.2. The fourth-order valence-electron chi connectivity index (χ4n) is 2.98. The fourth-order valence-corrected chi connectivity index (χ4v) is 3.66. The van der Waals surface area contributed by atoms with E-state index in [9.17, 15) is 9.90 Å². The quantitative estimate of drug-likeness (QED) is 0.821. The van der Waals surface area contributed by atoms with Crippen LogP contribution < -0.4 is 0 Å². The van der Waals surface area contributed by atoms with Crippen LogP contribution in [0.1, 0.15) is 46.2 Å². The Morgan fingerprint density at radius 1 is 1.44 bits per heavy atom. The number of aryl methyl sites for hydroxylation is 1. The maximum absolute atomic E-state index is 12.8. The van der Waals surface area contributed by atoms with E-state index in [1.165, 1.54) is 11.5 Å². The number of hydrogen-bond acceptors (Lipinski definition) is 7. The van der Waals surface area contributed by atoms with E-state index in [1.54, 1.807) is 0 Å². The van der Waals surface area contributed by atoms with E-state index in [0.29, 0.717) is 36.8 Å². The highest BCUT2D eigenvalue weighted by atomic mass is 32.1. The molecule has 0 aliphatic carbocycles. The summed E-state index contributed by atoms with van der Waals surface area (Å²) in [6, 6.07) is 1.89. The number of hydrogen-bond donors (Lipinski definition) is 1. The zero-order valence-electron chi connectivity index (χ0n) is 14.8. The average molecular weight is 364 g/mol. The minimum absolute atomic E-state index is 0.0127. The van der Waals surface area contributed by atoms with E-state index in [2.05, 4.69) is 21.6 Å². The van der Waals surface area contributed by atoms with Gasteiger partial charge in [-0.15, -0.1) is 5.10 Å². The highest BCUT2D eigenvalue weighted by Gasteiger charge is 2.27. The molecule has 8 nitrogen and oxygen atoms in total. The molecule has 136 valence electrons. The summed E-state index contributed by atoms with van der Waals surface area (Å²) in [6.45, 7) is 4.30. The smallest absolute Gasteiger partial charge is 0.267 e. The maximum Gasteiger partial charge on any atom is 0.267 e. The number of carbonyl (C=O) groups is 1. The molecule has 3 rings (SSSR count). The second kappa shape index (κ2) is 7.59. The molecule has 1 amide bonds. The third-order valence-electron chi connectivity index (χ3n) is 4.22. The number of carbonyl (C=O) groups excluding carboxylic acids is 1. The lowest BCUT2D eigenvalue weighted by atomic mass is 10.2. The maximum atomic E-state index is 12.8. The number of fused-ring (bicyclic) bond motifs is 1. The van der Waals surface area contributed by atoms with Gasteiger partial charge in [0, 0.05) is 13.1 Å². The van der Waals surface area contributed by atoms with Crippen LogP contribution in [0.4, 0.5) is 0 Å². The molecule has 1 aliphatic rings. The standard InChI is InChI=1S/C16H24N6O2S/c1-4-5-12-15(25-19-17-12)16(24)21-6-7-22-11(9-21)8-13(18-22)14(23)10-20(2)3/h8,14,23H,4-7,9-10H2,1-3H3/t14-/m0/s1. The molecule has 1 N–H and O–H groups in total. The lowest BCUT2D eigenvalue weighted by molar-refractivity contribution is 0.0709. The molecule has 9 heteroatoms. The first-order valence-electron chi connectivity index (χ1n) is 8.49. The van der Waals surface area contributed by atoms with Crippen molar-refractivity contribution < 1.29 is 9.90 Å². The number of aromatic nitrogens is 4. The molecule has 0 bridgehead atoms. The van der Waals surface area contributed by atoms with Crippen molar-refractivity contribution in [3.05, 3.63) is 28.0 Å². The van der Waals surface area contributed by atoms with Gasteiger partial charge in [0.05, 0.1) is 30.2 Å². The van der Waals surface area contributed by atoms with Crippen LogP contribution in [-0.4, -0.2) is 67.4 Å². The molecule has 0 saturated heterocycles. The highest BCUT2D eigenvalue weighted by molar-refractivity contribution is 7.08. The van der Waals surface area contributed by atoms with E-state index in [-0.39, 0.29) is 5.91 Å². The lowest BCUT2D eigenvalue weighted by Gasteiger charge is -2.27. The predicted octanol–water partition coefficient (Wildman–Crippen LogP) is 0.938. The lowest BCUT2D eigenvalue weighted by Crippen LogP contribution is -2.38. The van der Waals surface area contributed by atoms with Crippen LogP contribution in [-0.2, 0) is 19.5 Å². The molecule has 1 atom stereocenters. The van der Waals surface area contributed by atoms with Gasteiger partial charge in [-0.25, -0.2) is 0 Å². The number of likely N-dealkylation sites (N-methyl/N-ethyl adjacent to an activating group) is 1. The Morgan fingerprint density at radius 3 is 2.96 bits per heavy atom. The number of aliphatic hydroxyl groups excluding tert-OH is 1. The third-order valence-corrected chi connectivity index (χ3v) is 4.98. The van der Waals surface area contributed by atoms with Crippen LogP contribution in [0, 0.1) is 0 Å². The van der Waals surface area contributed by atoms with Crippen LogP contribution in [0.25, 0.3) is 0 Å². The average Bonchev–Trinajstić information content (AvgIpc) is 3.19. The summed E-state index contributed by atoms with van der Waals surface area (Å²) < 4.78 is 5.83. The summed E-state index contributed by atoms with van der Waals surface area (Å²) in [5.41, 5.74) is 2.39. The molecule has 0 radical (unpaired) electrons. The fraction of sp³-hybridized carbons (Fsp3) is 0.625. The van der Waals surface area contributed by atoms with E-state index < -0.39 is 6.10 Å². The van der Waals surface area contributed by atoms with E-state index in [1.807, 2.05) is 34.6 Å². The van der Waals surface area contributed by atoms with Gasteiger partial charge in [0.25, 0.3) is 5.91 Å². The van der Waals surface area contributed by atoms with E-state index in [4.69, 9.17) is 0 Å². The highest BCUT2D eigenvalue weighted by Crippen LogP contribution is 2.22. The minimum atomic E-state index is -0.626. The first-order valence-corrected chi connectivity index (χ1v) is 9.26. The monoisotopic (exact) mass is 364 g/mol. The van der Waals surface area contributed by atoms with Crippen LogP contribution >= 0.6 is 11.5 Å². The number of rotatable bonds is 6. The Bertz CT molecular complexity index is 741. The van der Waals surface area contributed by atoms with E-state index in [0.717, 1.165) is 24.2 Å². The van der Waals surface area contributed by atoms with Gasteiger partial charge >= 0.3 is 0 Å². The van der Waals surface area contributed by atoms with Gasteiger partial charge in [-0.1, -0.05) is 17.8 Å². The predicted molar refractivity (Wildman–Crippen MR) is 94.4 cm³/mol. The molecule has 0 spiro atoms. The third kappa shape index (κ3) is 3.88. The van der Waals surface area contributed by atoms with Crippen molar-refractivity contribution in [1.29, 1.82) is 0 Å². The molecular formula is C16H24N6O2S. The zero-order chi connectivity index (χ0) is 18.0. The van der Waals surface area contributed by atoms with Crippen molar-refractivity contribution >= 4 is 17.4 Å². The Hall–Kier alpha value is -1.84. The van der Waals surface area contributed by atoms with Crippen molar-refractivity contribution in [2.24, 2.45) is 0 Å². The van der Waals surface area contributed by atoms with Crippen molar-refractivity contribution in [3.8, 4) is 0 Å². The second-order valence-corrected chi connectivity index (χ2v) is 7.34. The van der Waals surface area contributed by atoms with Crippen molar-refractivity contribution in [2.75, 3.05) is 27.2 Å². The number of amides is 1. The molecule has 1 aliphatic heterocycles. The first kappa shape index (κ1) is 18.0. The number of aliphatic hydroxyl groups is 1. The molecule has 0 saturated carbocycles. The van der Waals surface area contributed by atoms with Crippen molar-refractivity contribution in [3.63, 3.8) is 0 Å². The molecule has 2 aromatic heterocycles. The normalized spacial score (nSPS) is 15.5. The Balaban J connectivity index is 1.73. The van der Waals surface area contributed by atoms with Crippen LogP contribution in [0.3, 0.4) is 0 Å². The molecule has 0 unspecified atom stereocenters. The zero-order valence-corrected chi connectivity index (χ0v) is 15.7. The molecule has 2 aromatic rings. The van der Waals surface area contributed by atoms with Gasteiger partial charge < -0.3 is 14.9 Å². The van der Waals surface area contributed by atoms with Gasteiger partial charge in [-0.05, 0) is 38.1 Å². The molecule has 0 fully saturated rings. The van der Waals surface area contributed by atoms with Gasteiger partial charge in [0.1, 0.15) is 11.0 Å². The van der Waals surface area contributed by atoms with Crippen LogP contribution in [0.5, 0.6) is 0 Å². The Kier molecular flexibility index (Phi) is 5.45. The SMILES string of the molecule is CCCc1nnsc1C(=O)N1CCn2nc([C@@H](O)CN(C)C)cc2C1. The molecular weight excluding hydrogens is 340 g/mol. The summed E-state index contributed by atoms with van der Waals surface area (Å²) in [6.07, 6.45) is 1.08. The topological polar surface area (TPSA) is 87.4 Å². The largest absolute Gasteiger partial charge is 0.385 e. The summed E-state index contributed by atoms with van der Waals surface area (Å²) in [5.74, 6) is -0.0127. The molecule has 0 aromatic carbocycles. The van der Waals surface area contributed by atoms with Crippen molar-refractivity contribution in [1.82, 2.24) is 29.2 Å².